The van der Waals surface area contributed by atoms with E-state index in [1.165, 1.54) is 24.3 Å². The molecule has 2 heterocycles. The summed E-state index contributed by atoms with van der Waals surface area (Å²) < 4.78 is 20.7. The summed E-state index contributed by atoms with van der Waals surface area (Å²) in [5.41, 5.74) is 3.08. The Morgan fingerprint density at radius 2 is 1.73 bits per heavy atom. The average molecular weight is 399 g/mol. The van der Waals surface area contributed by atoms with Gasteiger partial charge in [-0.05, 0) is 60.7 Å². The zero-order valence-corrected chi connectivity index (χ0v) is 15.5. The quantitative estimate of drug-likeness (QED) is 0.483. The standard InChI is InChI=1S/C22H14FN5O2/c23-15-7-5-14(6-8-15)21(29)25-16-9-11-17(12-10-16)30-22-20-27-24-13-28(20)19-4-2-1-3-18(19)26-22/h1-13H,(H,25,29). The van der Waals surface area contributed by atoms with Gasteiger partial charge in [0.2, 0.25) is 5.65 Å². The molecule has 0 unspecified atom stereocenters. The highest BCUT2D eigenvalue weighted by Crippen LogP contribution is 2.27. The molecule has 8 heteroatoms. The lowest BCUT2D eigenvalue weighted by atomic mass is 10.2. The molecule has 7 nitrogen and oxygen atoms in total. The van der Waals surface area contributed by atoms with Crippen molar-refractivity contribution in [3.05, 3.63) is 90.5 Å². The summed E-state index contributed by atoms with van der Waals surface area (Å²) in [6.07, 6.45) is 1.61. The molecule has 5 rings (SSSR count). The van der Waals surface area contributed by atoms with E-state index in [1.54, 1.807) is 30.6 Å². The average Bonchev–Trinajstić information content (AvgIpc) is 3.26. The number of para-hydroxylation sites is 2. The molecule has 0 aliphatic heterocycles. The maximum absolute atomic E-state index is 13.0. The van der Waals surface area contributed by atoms with E-state index in [1.807, 2.05) is 28.7 Å². The second kappa shape index (κ2) is 7.25. The molecule has 5 aromatic rings. The molecular weight excluding hydrogens is 385 g/mol. The van der Waals surface area contributed by atoms with Gasteiger partial charge in [0.1, 0.15) is 17.9 Å². The SMILES string of the molecule is O=C(Nc1ccc(Oc2nc3ccccc3n3cnnc23)cc1)c1ccc(F)cc1. The van der Waals surface area contributed by atoms with Crippen LogP contribution in [0.4, 0.5) is 10.1 Å². The Morgan fingerprint density at radius 3 is 2.53 bits per heavy atom. The third-order valence-electron chi connectivity index (χ3n) is 4.54. The summed E-state index contributed by atoms with van der Waals surface area (Å²) in [6.45, 7) is 0. The normalized spacial score (nSPS) is 11.0. The second-order valence-corrected chi connectivity index (χ2v) is 6.52. The molecule has 30 heavy (non-hydrogen) atoms. The van der Waals surface area contributed by atoms with Crippen LogP contribution < -0.4 is 10.1 Å². The molecule has 0 bridgehead atoms. The van der Waals surface area contributed by atoms with Crippen LogP contribution in [0.15, 0.2) is 79.1 Å². The zero-order valence-electron chi connectivity index (χ0n) is 15.5. The Labute approximate surface area is 169 Å². The molecule has 1 N–H and O–H groups in total. The van der Waals surface area contributed by atoms with E-state index in [0.717, 1.165) is 11.0 Å². The number of carbonyl (C=O) groups excluding carboxylic acids is 1. The summed E-state index contributed by atoms with van der Waals surface area (Å²) in [5.74, 6) is 0.138. The fourth-order valence-electron chi connectivity index (χ4n) is 3.07. The number of amides is 1. The van der Waals surface area contributed by atoms with Crippen molar-refractivity contribution in [1.82, 2.24) is 19.6 Å². The van der Waals surface area contributed by atoms with Crippen LogP contribution in [0.5, 0.6) is 11.6 Å². The lowest BCUT2D eigenvalue weighted by molar-refractivity contribution is 0.102. The van der Waals surface area contributed by atoms with Gasteiger partial charge in [-0.15, -0.1) is 10.2 Å². The van der Waals surface area contributed by atoms with Crippen molar-refractivity contribution in [2.75, 3.05) is 5.32 Å². The number of benzene rings is 3. The molecular formula is C22H14FN5O2. The highest BCUT2D eigenvalue weighted by Gasteiger charge is 2.12. The predicted molar refractivity (Wildman–Crippen MR) is 109 cm³/mol. The molecule has 0 saturated carbocycles. The Kier molecular flexibility index (Phi) is 4.29. The first kappa shape index (κ1) is 17.7. The third-order valence-corrected chi connectivity index (χ3v) is 4.54. The van der Waals surface area contributed by atoms with Crippen LogP contribution in [-0.2, 0) is 0 Å². The zero-order chi connectivity index (χ0) is 20.5. The number of nitrogens with zero attached hydrogens (tertiary/aromatic N) is 4. The first-order valence-corrected chi connectivity index (χ1v) is 9.11. The minimum Gasteiger partial charge on any atom is -0.436 e. The molecule has 3 aromatic carbocycles. The molecule has 0 saturated heterocycles. The molecule has 0 fully saturated rings. The number of rotatable bonds is 4. The van der Waals surface area contributed by atoms with Gasteiger partial charge in [0, 0.05) is 11.3 Å². The Balaban J connectivity index is 1.38. The van der Waals surface area contributed by atoms with E-state index in [9.17, 15) is 9.18 Å². The number of nitrogens with one attached hydrogen (secondary N) is 1. The molecule has 0 atom stereocenters. The molecule has 0 radical (unpaired) electrons. The topological polar surface area (TPSA) is 81.4 Å². The first-order chi connectivity index (χ1) is 14.7. The minimum atomic E-state index is -0.392. The lowest BCUT2D eigenvalue weighted by Crippen LogP contribution is -2.11. The minimum absolute atomic E-state index is 0.328. The summed E-state index contributed by atoms with van der Waals surface area (Å²) in [5, 5.41) is 10.8. The van der Waals surface area contributed by atoms with Crippen LogP contribution in [0.1, 0.15) is 10.4 Å². The highest BCUT2D eigenvalue weighted by molar-refractivity contribution is 6.04. The molecule has 0 aliphatic carbocycles. The Bertz CT molecular complexity index is 1360. The van der Waals surface area contributed by atoms with Crippen LogP contribution in [0.25, 0.3) is 16.7 Å². The first-order valence-electron chi connectivity index (χ1n) is 9.11. The maximum Gasteiger partial charge on any atom is 0.266 e. The van der Waals surface area contributed by atoms with Crippen LogP contribution in [0, 0.1) is 5.82 Å². The van der Waals surface area contributed by atoms with Gasteiger partial charge in [0.05, 0.1) is 11.0 Å². The van der Waals surface area contributed by atoms with Gasteiger partial charge >= 0.3 is 0 Å². The Hall–Kier alpha value is -4.33. The van der Waals surface area contributed by atoms with Gasteiger partial charge in [-0.2, -0.15) is 0 Å². The number of ether oxygens (including phenoxy) is 1. The fourth-order valence-corrected chi connectivity index (χ4v) is 3.07. The summed E-state index contributed by atoms with van der Waals surface area (Å²) in [6, 6.07) is 19.8. The molecule has 0 aliphatic rings. The number of aromatic nitrogens is 4. The van der Waals surface area contributed by atoms with E-state index >= 15 is 0 Å². The summed E-state index contributed by atoms with van der Waals surface area (Å²) in [4.78, 5) is 16.8. The van der Waals surface area contributed by atoms with Crippen molar-refractivity contribution in [3.8, 4) is 11.6 Å². The van der Waals surface area contributed by atoms with Crippen molar-refractivity contribution in [1.29, 1.82) is 0 Å². The number of halogens is 1. The molecule has 0 spiro atoms. The largest absolute Gasteiger partial charge is 0.436 e. The number of carbonyl (C=O) groups is 1. The van der Waals surface area contributed by atoms with E-state index in [-0.39, 0.29) is 5.91 Å². The summed E-state index contributed by atoms with van der Waals surface area (Å²) in [7, 11) is 0. The number of hydrogen-bond donors (Lipinski definition) is 1. The highest BCUT2D eigenvalue weighted by atomic mass is 19.1. The fraction of sp³-hybridized carbons (Fsp3) is 0. The third kappa shape index (κ3) is 3.30. The number of hydrogen-bond acceptors (Lipinski definition) is 5. The van der Waals surface area contributed by atoms with Crippen LogP contribution in [0.3, 0.4) is 0 Å². The lowest BCUT2D eigenvalue weighted by Gasteiger charge is -2.09. The van der Waals surface area contributed by atoms with Crippen LogP contribution in [-0.4, -0.2) is 25.5 Å². The predicted octanol–water partition coefficient (Wildman–Crippen LogP) is 4.46. The number of anilines is 1. The van der Waals surface area contributed by atoms with Gasteiger partial charge in [-0.3, -0.25) is 9.20 Å². The van der Waals surface area contributed by atoms with E-state index in [0.29, 0.717) is 28.5 Å². The molecule has 2 aromatic heterocycles. The maximum atomic E-state index is 13.0. The molecule has 146 valence electrons. The van der Waals surface area contributed by atoms with Crippen molar-refractivity contribution in [2.45, 2.75) is 0 Å². The van der Waals surface area contributed by atoms with Crippen molar-refractivity contribution in [3.63, 3.8) is 0 Å². The smallest absolute Gasteiger partial charge is 0.266 e. The van der Waals surface area contributed by atoms with E-state index in [2.05, 4.69) is 20.5 Å². The van der Waals surface area contributed by atoms with Gasteiger partial charge in [-0.25, -0.2) is 9.37 Å². The summed E-state index contributed by atoms with van der Waals surface area (Å²) >= 11 is 0. The van der Waals surface area contributed by atoms with E-state index < -0.39 is 5.82 Å². The van der Waals surface area contributed by atoms with Crippen molar-refractivity contribution >= 4 is 28.3 Å². The monoisotopic (exact) mass is 399 g/mol. The van der Waals surface area contributed by atoms with Crippen molar-refractivity contribution < 1.29 is 13.9 Å². The number of fused-ring (bicyclic) bond motifs is 3. The van der Waals surface area contributed by atoms with Gasteiger partial charge in [-0.1, -0.05) is 12.1 Å². The van der Waals surface area contributed by atoms with Crippen LogP contribution >= 0.6 is 0 Å². The Morgan fingerprint density at radius 1 is 0.967 bits per heavy atom. The van der Waals surface area contributed by atoms with E-state index in [4.69, 9.17) is 4.74 Å². The van der Waals surface area contributed by atoms with Crippen LogP contribution in [0.2, 0.25) is 0 Å². The van der Waals surface area contributed by atoms with Gasteiger partial charge in [0.15, 0.2) is 0 Å². The molecule has 1 amide bonds. The van der Waals surface area contributed by atoms with Gasteiger partial charge < -0.3 is 10.1 Å². The van der Waals surface area contributed by atoms with Gasteiger partial charge in [0.25, 0.3) is 11.8 Å². The van der Waals surface area contributed by atoms with Crippen molar-refractivity contribution in [2.24, 2.45) is 0 Å². The second-order valence-electron chi connectivity index (χ2n) is 6.52.